The molecule has 1 aromatic carbocycles. The van der Waals surface area contributed by atoms with Gasteiger partial charge in [-0.15, -0.1) is 0 Å². The molecule has 0 saturated heterocycles. The van der Waals surface area contributed by atoms with Crippen LogP contribution in [0.3, 0.4) is 0 Å². The van der Waals surface area contributed by atoms with Crippen LogP contribution in [0.5, 0.6) is 5.75 Å². The Morgan fingerprint density at radius 2 is 2.05 bits per heavy atom. The number of likely N-dealkylation sites (N-methyl/N-ethyl adjacent to an activating group) is 1. The molecule has 2 amide bonds. The molecule has 0 saturated carbocycles. The molecule has 0 aliphatic carbocycles. The van der Waals surface area contributed by atoms with Gasteiger partial charge in [0.25, 0.3) is 0 Å². The summed E-state index contributed by atoms with van der Waals surface area (Å²) >= 11 is 0. The summed E-state index contributed by atoms with van der Waals surface area (Å²) < 4.78 is 5.78. The van der Waals surface area contributed by atoms with E-state index in [0.717, 1.165) is 16.9 Å². The SMILES string of the molecule is Cc1ccc(CNC(=O)N(C)C(C)CO)c(OC(C)C)c1. The summed E-state index contributed by atoms with van der Waals surface area (Å²) in [5.74, 6) is 0.795. The molecule has 1 rings (SSSR count). The normalized spacial score (nSPS) is 12.1. The lowest BCUT2D eigenvalue weighted by Gasteiger charge is -2.24. The van der Waals surface area contributed by atoms with Gasteiger partial charge in [0.05, 0.1) is 18.8 Å². The Morgan fingerprint density at radius 3 is 2.62 bits per heavy atom. The van der Waals surface area contributed by atoms with Gasteiger partial charge < -0.3 is 20.1 Å². The molecular formula is C16H26N2O3. The lowest BCUT2D eigenvalue weighted by molar-refractivity contribution is 0.157. The second-order valence-corrected chi connectivity index (χ2v) is 5.58. The molecule has 0 heterocycles. The first-order valence-electron chi connectivity index (χ1n) is 7.22. The van der Waals surface area contributed by atoms with Crippen molar-refractivity contribution in [1.29, 1.82) is 0 Å². The highest BCUT2D eigenvalue weighted by Crippen LogP contribution is 2.21. The Kier molecular flexibility index (Phi) is 6.49. The number of nitrogens with zero attached hydrogens (tertiary/aromatic N) is 1. The molecule has 0 aliphatic rings. The lowest BCUT2D eigenvalue weighted by Crippen LogP contribution is -2.43. The maximum absolute atomic E-state index is 12.0. The van der Waals surface area contributed by atoms with Crippen molar-refractivity contribution in [1.82, 2.24) is 10.2 Å². The van der Waals surface area contributed by atoms with E-state index in [-0.39, 0.29) is 24.8 Å². The molecule has 0 bridgehead atoms. The fourth-order valence-electron chi connectivity index (χ4n) is 1.79. The minimum absolute atomic E-state index is 0.0594. The number of amides is 2. The minimum Gasteiger partial charge on any atom is -0.491 e. The second-order valence-electron chi connectivity index (χ2n) is 5.58. The van der Waals surface area contributed by atoms with Gasteiger partial charge in [-0.2, -0.15) is 0 Å². The second kappa shape index (κ2) is 7.88. The first-order chi connectivity index (χ1) is 9.85. The van der Waals surface area contributed by atoms with Gasteiger partial charge in [0.1, 0.15) is 5.75 Å². The van der Waals surface area contributed by atoms with Gasteiger partial charge in [-0.1, -0.05) is 12.1 Å². The summed E-state index contributed by atoms with van der Waals surface area (Å²) in [6.07, 6.45) is 0.0818. The highest BCUT2D eigenvalue weighted by Gasteiger charge is 2.15. The number of aryl methyl sites for hydroxylation is 1. The summed E-state index contributed by atoms with van der Waals surface area (Å²) in [5.41, 5.74) is 2.06. The van der Waals surface area contributed by atoms with Crippen LogP contribution in [0, 0.1) is 6.92 Å². The minimum atomic E-state index is -0.215. The third-order valence-corrected chi connectivity index (χ3v) is 3.26. The zero-order valence-corrected chi connectivity index (χ0v) is 13.5. The number of aliphatic hydroxyl groups is 1. The summed E-state index contributed by atoms with van der Waals surface area (Å²) in [5, 5.41) is 11.9. The molecule has 5 nitrogen and oxygen atoms in total. The van der Waals surface area contributed by atoms with Crippen molar-refractivity contribution in [3.63, 3.8) is 0 Å². The highest BCUT2D eigenvalue weighted by atomic mass is 16.5. The van der Waals surface area contributed by atoms with Gasteiger partial charge in [-0.3, -0.25) is 0 Å². The number of rotatable bonds is 6. The monoisotopic (exact) mass is 294 g/mol. The van der Waals surface area contributed by atoms with E-state index < -0.39 is 0 Å². The number of benzene rings is 1. The van der Waals surface area contributed by atoms with Gasteiger partial charge in [0.2, 0.25) is 0 Å². The molecule has 1 aromatic rings. The molecule has 1 unspecified atom stereocenters. The van der Waals surface area contributed by atoms with Crippen LogP contribution in [-0.4, -0.2) is 41.8 Å². The van der Waals surface area contributed by atoms with Crippen molar-refractivity contribution in [2.45, 2.75) is 46.4 Å². The van der Waals surface area contributed by atoms with Crippen LogP contribution >= 0.6 is 0 Å². The Morgan fingerprint density at radius 1 is 1.38 bits per heavy atom. The Labute approximate surface area is 126 Å². The third-order valence-electron chi connectivity index (χ3n) is 3.26. The summed E-state index contributed by atoms with van der Waals surface area (Å²) in [6.45, 7) is 8.08. The van der Waals surface area contributed by atoms with Crippen molar-refractivity contribution < 1.29 is 14.6 Å². The number of hydrogen-bond acceptors (Lipinski definition) is 3. The molecule has 118 valence electrons. The Balaban J connectivity index is 2.72. The van der Waals surface area contributed by atoms with Crippen LogP contribution in [0.1, 0.15) is 31.9 Å². The number of urea groups is 1. The predicted molar refractivity (Wildman–Crippen MR) is 83.5 cm³/mol. The third kappa shape index (κ3) is 5.27. The average Bonchev–Trinajstić information content (AvgIpc) is 2.43. The number of hydrogen-bond donors (Lipinski definition) is 2. The first-order valence-corrected chi connectivity index (χ1v) is 7.22. The van der Waals surface area contributed by atoms with Crippen LogP contribution in [0.2, 0.25) is 0 Å². The molecule has 0 aliphatic heterocycles. The Hall–Kier alpha value is -1.75. The summed E-state index contributed by atoms with van der Waals surface area (Å²) in [4.78, 5) is 13.5. The van der Waals surface area contributed by atoms with E-state index in [1.807, 2.05) is 39.0 Å². The highest BCUT2D eigenvalue weighted by molar-refractivity contribution is 5.74. The number of carbonyl (C=O) groups excluding carboxylic acids is 1. The number of carbonyl (C=O) groups is 1. The lowest BCUT2D eigenvalue weighted by atomic mass is 10.1. The van der Waals surface area contributed by atoms with Crippen molar-refractivity contribution in [3.8, 4) is 5.75 Å². The molecular weight excluding hydrogens is 268 g/mol. The van der Waals surface area contributed by atoms with Crippen molar-refractivity contribution in [2.24, 2.45) is 0 Å². The van der Waals surface area contributed by atoms with E-state index in [9.17, 15) is 4.79 Å². The molecule has 21 heavy (non-hydrogen) atoms. The maximum Gasteiger partial charge on any atom is 0.317 e. The molecule has 1 atom stereocenters. The van der Waals surface area contributed by atoms with Crippen LogP contribution < -0.4 is 10.1 Å². The van der Waals surface area contributed by atoms with E-state index >= 15 is 0 Å². The number of nitrogens with one attached hydrogen (secondary N) is 1. The van der Waals surface area contributed by atoms with Gasteiger partial charge in [-0.25, -0.2) is 4.79 Å². The zero-order valence-electron chi connectivity index (χ0n) is 13.5. The van der Waals surface area contributed by atoms with Gasteiger partial charge >= 0.3 is 6.03 Å². The molecule has 2 N–H and O–H groups in total. The number of aliphatic hydroxyl groups excluding tert-OH is 1. The van der Waals surface area contributed by atoms with E-state index in [1.165, 1.54) is 4.90 Å². The quantitative estimate of drug-likeness (QED) is 0.846. The van der Waals surface area contributed by atoms with Crippen LogP contribution in [0.4, 0.5) is 4.79 Å². The topological polar surface area (TPSA) is 61.8 Å². The largest absolute Gasteiger partial charge is 0.491 e. The molecule has 5 heteroatoms. The molecule has 0 aromatic heterocycles. The van der Waals surface area contributed by atoms with Gasteiger partial charge in [-0.05, 0) is 39.3 Å². The first kappa shape index (κ1) is 17.3. The fourth-order valence-corrected chi connectivity index (χ4v) is 1.79. The van der Waals surface area contributed by atoms with E-state index in [4.69, 9.17) is 9.84 Å². The van der Waals surface area contributed by atoms with Crippen LogP contribution in [0.25, 0.3) is 0 Å². The molecule has 0 fully saturated rings. The summed E-state index contributed by atoms with van der Waals surface area (Å²) in [6, 6.07) is 5.50. The van der Waals surface area contributed by atoms with Crippen LogP contribution in [-0.2, 0) is 6.54 Å². The maximum atomic E-state index is 12.0. The van der Waals surface area contributed by atoms with E-state index in [2.05, 4.69) is 5.32 Å². The number of ether oxygens (including phenoxy) is 1. The van der Waals surface area contributed by atoms with Crippen molar-refractivity contribution in [3.05, 3.63) is 29.3 Å². The van der Waals surface area contributed by atoms with Crippen LogP contribution in [0.15, 0.2) is 18.2 Å². The standard InChI is InChI=1S/C16H26N2O3/c1-11(2)21-15-8-12(3)6-7-14(15)9-17-16(20)18(5)13(4)10-19/h6-8,11,13,19H,9-10H2,1-5H3,(H,17,20). The van der Waals surface area contributed by atoms with Crippen molar-refractivity contribution in [2.75, 3.05) is 13.7 Å². The smallest absolute Gasteiger partial charge is 0.317 e. The molecule has 0 spiro atoms. The van der Waals surface area contributed by atoms with Crippen molar-refractivity contribution >= 4 is 6.03 Å². The zero-order chi connectivity index (χ0) is 16.0. The summed E-state index contributed by atoms with van der Waals surface area (Å²) in [7, 11) is 1.66. The fraction of sp³-hybridized carbons (Fsp3) is 0.562. The van der Waals surface area contributed by atoms with E-state index in [0.29, 0.717) is 6.54 Å². The van der Waals surface area contributed by atoms with Gasteiger partial charge in [0.15, 0.2) is 0 Å². The average molecular weight is 294 g/mol. The predicted octanol–water partition coefficient (Wildman–Crippen LogP) is 2.30. The molecule has 0 radical (unpaired) electrons. The van der Waals surface area contributed by atoms with E-state index in [1.54, 1.807) is 14.0 Å². The Bertz CT molecular complexity index is 475. The van der Waals surface area contributed by atoms with Gasteiger partial charge in [0, 0.05) is 19.2 Å².